The molecule has 0 radical (unpaired) electrons. The summed E-state index contributed by atoms with van der Waals surface area (Å²) in [7, 11) is 0. The zero-order chi connectivity index (χ0) is 13.8. The summed E-state index contributed by atoms with van der Waals surface area (Å²) < 4.78 is 5.40. The van der Waals surface area contributed by atoms with Gasteiger partial charge in [-0.15, -0.1) is 5.73 Å². The van der Waals surface area contributed by atoms with E-state index in [9.17, 15) is 4.79 Å². The van der Waals surface area contributed by atoms with Crippen LogP contribution in [0, 0.1) is 0 Å². The SMILES string of the molecule is C=C=C(CCCC)C(CCCCCC)OC(C)=O. The molecule has 0 aromatic carbocycles. The van der Waals surface area contributed by atoms with Crippen molar-refractivity contribution in [3.05, 3.63) is 17.9 Å². The molecule has 0 rings (SSSR count). The van der Waals surface area contributed by atoms with Gasteiger partial charge in [0.05, 0.1) is 0 Å². The molecule has 0 bridgehead atoms. The minimum absolute atomic E-state index is 0.108. The maximum atomic E-state index is 11.2. The van der Waals surface area contributed by atoms with Crippen molar-refractivity contribution in [3.8, 4) is 0 Å². The maximum Gasteiger partial charge on any atom is 0.303 e. The van der Waals surface area contributed by atoms with Gasteiger partial charge in [0.2, 0.25) is 0 Å². The quantitative estimate of drug-likeness (QED) is 0.317. The predicted molar refractivity (Wildman–Crippen MR) is 76.5 cm³/mol. The molecule has 104 valence electrons. The largest absolute Gasteiger partial charge is 0.457 e. The first-order valence-electron chi connectivity index (χ1n) is 7.21. The molecule has 0 aliphatic heterocycles. The minimum atomic E-state index is -0.209. The summed E-state index contributed by atoms with van der Waals surface area (Å²) in [5.41, 5.74) is 4.03. The molecule has 1 atom stereocenters. The van der Waals surface area contributed by atoms with Gasteiger partial charge in [0, 0.05) is 12.5 Å². The number of carbonyl (C=O) groups is 1. The first-order chi connectivity index (χ1) is 8.65. The normalized spacial score (nSPS) is 11.7. The average Bonchev–Trinajstić information content (AvgIpc) is 2.34. The van der Waals surface area contributed by atoms with Gasteiger partial charge in [-0.3, -0.25) is 4.79 Å². The lowest BCUT2D eigenvalue weighted by atomic mass is 9.99. The van der Waals surface area contributed by atoms with Crippen molar-refractivity contribution >= 4 is 5.97 Å². The van der Waals surface area contributed by atoms with Crippen molar-refractivity contribution in [2.75, 3.05) is 0 Å². The molecule has 2 heteroatoms. The van der Waals surface area contributed by atoms with Gasteiger partial charge in [-0.25, -0.2) is 0 Å². The molecule has 18 heavy (non-hydrogen) atoms. The molecule has 0 aliphatic rings. The average molecular weight is 252 g/mol. The standard InChI is InChI=1S/C16H28O2/c1-5-8-10-11-13-16(18-14(4)17)15(7-3)12-9-6-2/h16H,3,5-6,8-13H2,1-2,4H3. The molecule has 0 spiro atoms. The van der Waals surface area contributed by atoms with Gasteiger partial charge in [0.25, 0.3) is 0 Å². The van der Waals surface area contributed by atoms with Gasteiger partial charge in [-0.2, -0.15) is 0 Å². The third-order valence-corrected chi connectivity index (χ3v) is 3.04. The first-order valence-corrected chi connectivity index (χ1v) is 7.21. The van der Waals surface area contributed by atoms with Gasteiger partial charge >= 0.3 is 5.97 Å². The van der Waals surface area contributed by atoms with Gasteiger partial charge < -0.3 is 4.74 Å². The lowest BCUT2D eigenvalue weighted by molar-refractivity contribution is -0.145. The zero-order valence-electron chi connectivity index (χ0n) is 12.3. The molecule has 0 N–H and O–H groups in total. The summed E-state index contributed by atoms with van der Waals surface area (Å²) in [6.45, 7) is 9.55. The first kappa shape index (κ1) is 17.0. The van der Waals surface area contributed by atoms with Crippen molar-refractivity contribution in [1.82, 2.24) is 0 Å². The summed E-state index contributed by atoms with van der Waals surface area (Å²) in [4.78, 5) is 11.2. The number of hydrogen-bond donors (Lipinski definition) is 0. The fraction of sp³-hybridized carbons (Fsp3) is 0.750. The summed E-state index contributed by atoms with van der Waals surface area (Å²) in [5, 5.41) is 0. The van der Waals surface area contributed by atoms with E-state index in [2.05, 4.69) is 26.2 Å². The molecule has 0 saturated carbocycles. The van der Waals surface area contributed by atoms with E-state index in [4.69, 9.17) is 4.74 Å². The second-order valence-corrected chi connectivity index (χ2v) is 4.75. The van der Waals surface area contributed by atoms with E-state index in [1.807, 2.05) is 0 Å². The molecule has 1 unspecified atom stereocenters. The number of esters is 1. The lowest BCUT2D eigenvalue weighted by Gasteiger charge is -2.19. The van der Waals surface area contributed by atoms with Crippen molar-refractivity contribution in [3.63, 3.8) is 0 Å². The monoisotopic (exact) mass is 252 g/mol. The van der Waals surface area contributed by atoms with E-state index in [-0.39, 0.29) is 12.1 Å². The van der Waals surface area contributed by atoms with Crippen molar-refractivity contribution in [2.24, 2.45) is 0 Å². The van der Waals surface area contributed by atoms with Crippen LogP contribution in [-0.4, -0.2) is 12.1 Å². The minimum Gasteiger partial charge on any atom is -0.457 e. The van der Waals surface area contributed by atoms with Crippen LogP contribution in [0.4, 0.5) is 0 Å². The highest BCUT2D eigenvalue weighted by atomic mass is 16.5. The summed E-state index contributed by atoms with van der Waals surface area (Å²) in [6.07, 6.45) is 8.73. The van der Waals surface area contributed by atoms with Crippen LogP contribution in [0.5, 0.6) is 0 Å². The topological polar surface area (TPSA) is 26.3 Å². The second-order valence-electron chi connectivity index (χ2n) is 4.75. The molecule has 0 aromatic heterocycles. The Morgan fingerprint density at radius 1 is 1.17 bits per heavy atom. The predicted octanol–water partition coefficient (Wildman–Crippen LogP) is 4.79. The van der Waals surface area contributed by atoms with E-state index in [1.165, 1.54) is 26.2 Å². The third-order valence-electron chi connectivity index (χ3n) is 3.04. The Balaban J connectivity index is 4.34. The highest BCUT2D eigenvalue weighted by molar-refractivity contribution is 5.66. The lowest BCUT2D eigenvalue weighted by Crippen LogP contribution is -2.18. The van der Waals surface area contributed by atoms with Gasteiger partial charge in [0.1, 0.15) is 6.10 Å². The van der Waals surface area contributed by atoms with Crippen LogP contribution in [0.25, 0.3) is 0 Å². The fourth-order valence-electron chi connectivity index (χ4n) is 1.99. The molecule has 0 aromatic rings. The van der Waals surface area contributed by atoms with Crippen LogP contribution < -0.4 is 0 Å². The summed E-state index contributed by atoms with van der Waals surface area (Å²) in [5.74, 6) is -0.209. The van der Waals surface area contributed by atoms with Crippen LogP contribution in [0.15, 0.2) is 17.9 Å². The maximum absolute atomic E-state index is 11.2. The van der Waals surface area contributed by atoms with Crippen LogP contribution in [0.2, 0.25) is 0 Å². The molecule has 0 amide bonds. The number of carbonyl (C=O) groups excluding carboxylic acids is 1. The van der Waals surface area contributed by atoms with Crippen LogP contribution >= 0.6 is 0 Å². The van der Waals surface area contributed by atoms with E-state index in [0.717, 1.165) is 37.7 Å². The summed E-state index contributed by atoms with van der Waals surface area (Å²) in [6, 6.07) is 0. The Morgan fingerprint density at radius 2 is 1.83 bits per heavy atom. The van der Waals surface area contributed by atoms with Crippen LogP contribution in [0.3, 0.4) is 0 Å². The van der Waals surface area contributed by atoms with Crippen LogP contribution in [0.1, 0.15) is 72.1 Å². The van der Waals surface area contributed by atoms with E-state index >= 15 is 0 Å². The smallest absolute Gasteiger partial charge is 0.303 e. The molecular formula is C16H28O2. The molecule has 0 aliphatic carbocycles. The van der Waals surface area contributed by atoms with Gasteiger partial charge in [0.15, 0.2) is 0 Å². The molecule has 0 fully saturated rings. The number of hydrogen-bond acceptors (Lipinski definition) is 2. The fourth-order valence-corrected chi connectivity index (χ4v) is 1.99. The van der Waals surface area contributed by atoms with Crippen molar-refractivity contribution in [1.29, 1.82) is 0 Å². The highest BCUT2D eigenvalue weighted by Gasteiger charge is 2.16. The Bertz CT molecular complexity index is 275. The third kappa shape index (κ3) is 8.14. The number of unbranched alkanes of at least 4 members (excludes halogenated alkanes) is 4. The van der Waals surface area contributed by atoms with E-state index < -0.39 is 0 Å². The molecule has 0 saturated heterocycles. The van der Waals surface area contributed by atoms with Gasteiger partial charge in [-0.1, -0.05) is 46.1 Å². The molecule has 0 heterocycles. The zero-order valence-corrected chi connectivity index (χ0v) is 12.3. The Kier molecular flexibility index (Phi) is 10.5. The number of ether oxygens (including phenoxy) is 1. The van der Waals surface area contributed by atoms with Crippen molar-refractivity contribution in [2.45, 2.75) is 78.2 Å². The molecule has 2 nitrogen and oxygen atoms in total. The van der Waals surface area contributed by atoms with Crippen molar-refractivity contribution < 1.29 is 9.53 Å². The Labute approximate surface area is 112 Å². The number of rotatable bonds is 10. The van der Waals surface area contributed by atoms with E-state index in [0.29, 0.717) is 0 Å². The molecular weight excluding hydrogens is 224 g/mol. The Morgan fingerprint density at radius 3 is 2.33 bits per heavy atom. The Hall–Kier alpha value is -1.01. The van der Waals surface area contributed by atoms with Gasteiger partial charge in [-0.05, 0) is 25.7 Å². The second kappa shape index (κ2) is 11.1. The summed E-state index contributed by atoms with van der Waals surface area (Å²) >= 11 is 0. The van der Waals surface area contributed by atoms with E-state index in [1.54, 1.807) is 0 Å². The highest BCUT2D eigenvalue weighted by Crippen LogP contribution is 2.19. The van der Waals surface area contributed by atoms with Crippen LogP contribution in [-0.2, 0) is 9.53 Å².